The van der Waals surface area contributed by atoms with E-state index in [0.717, 1.165) is 11.8 Å². The summed E-state index contributed by atoms with van der Waals surface area (Å²) in [5.74, 6) is 1.69. The molecule has 0 N–H and O–H groups in total. The zero-order valence-corrected chi connectivity index (χ0v) is 26.7. The van der Waals surface area contributed by atoms with Gasteiger partial charge in [-0.2, -0.15) is 0 Å². The van der Waals surface area contributed by atoms with Crippen LogP contribution in [0, 0.1) is 18.8 Å². The van der Waals surface area contributed by atoms with E-state index in [1.54, 1.807) is 23.8 Å². The van der Waals surface area contributed by atoms with Crippen molar-refractivity contribution in [3.05, 3.63) is 28.1 Å². The Morgan fingerprint density at radius 1 is 0.781 bits per heavy atom. The molecule has 2 unspecified atom stereocenters. The zero-order valence-electron chi connectivity index (χ0n) is 22.2. The number of rotatable bonds is 13. The monoisotopic (exact) mass is 580 g/mol. The molecule has 3 heteroatoms. The van der Waals surface area contributed by atoms with Crippen LogP contribution in [0.15, 0.2) is 12.1 Å². The van der Waals surface area contributed by atoms with Crippen LogP contribution in [0.3, 0.4) is 0 Å². The Hall–Kier alpha value is 0.199. The van der Waals surface area contributed by atoms with Crippen molar-refractivity contribution in [2.24, 2.45) is 11.8 Å². The van der Waals surface area contributed by atoms with Crippen LogP contribution in [0.1, 0.15) is 108 Å². The molecule has 2 heterocycles. The standard InChI is InChI=1S/C26H39S2.3CH3.Sn/c1-6-10-12-20(8-3)17-26(18-21(9-4)13-11-7-2)22-14-15-27-24(22)25-23(26)16-19(5)28-25;;;;/h14,16,20-21H,6-13,17-18H2,1-5H3;3*1H3;. The van der Waals surface area contributed by atoms with Crippen LogP contribution in [-0.2, 0) is 5.41 Å². The van der Waals surface area contributed by atoms with E-state index in [2.05, 4.69) is 84.2 Å². The van der Waals surface area contributed by atoms with Crippen LogP contribution >= 0.6 is 22.7 Å². The Bertz CT molecular complexity index is 848. The van der Waals surface area contributed by atoms with Crippen molar-refractivity contribution in [1.82, 2.24) is 0 Å². The molecule has 0 saturated carbocycles. The van der Waals surface area contributed by atoms with Crippen molar-refractivity contribution >= 4 is 43.9 Å². The normalized spacial score (nSPS) is 19.8. The van der Waals surface area contributed by atoms with E-state index in [4.69, 9.17) is 0 Å². The van der Waals surface area contributed by atoms with Gasteiger partial charge in [0.1, 0.15) is 0 Å². The number of hydrogen-bond donors (Lipinski definition) is 0. The SMILES string of the molecule is CCCCC(CC)CC1(CC(CC)CCCC)c2cc(C)sc2-c2s[c]([Sn]([CH3])([CH3])[CH3])cc21. The van der Waals surface area contributed by atoms with Gasteiger partial charge in [-0.05, 0) is 0 Å². The molecule has 2 atom stereocenters. The van der Waals surface area contributed by atoms with Crippen LogP contribution in [0.2, 0.25) is 14.8 Å². The minimum atomic E-state index is -2.11. The van der Waals surface area contributed by atoms with Crippen LogP contribution in [-0.4, -0.2) is 18.4 Å². The second-order valence-corrected chi connectivity index (χ2v) is 29.3. The molecule has 2 aromatic heterocycles. The topological polar surface area (TPSA) is 0 Å². The summed E-state index contributed by atoms with van der Waals surface area (Å²) < 4.78 is 1.79. The van der Waals surface area contributed by atoms with Crippen molar-refractivity contribution in [3.63, 3.8) is 0 Å². The van der Waals surface area contributed by atoms with Gasteiger partial charge in [-0.25, -0.2) is 0 Å². The van der Waals surface area contributed by atoms with E-state index in [-0.39, 0.29) is 5.41 Å². The van der Waals surface area contributed by atoms with Crippen molar-refractivity contribution in [1.29, 1.82) is 0 Å². The molecule has 2 aromatic rings. The molecule has 0 aromatic carbocycles. The summed E-state index contributed by atoms with van der Waals surface area (Å²) in [5, 5.41) is 0. The van der Waals surface area contributed by atoms with Crippen molar-refractivity contribution in [2.45, 2.75) is 119 Å². The van der Waals surface area contributed by atoms with Gasteiger partial charge < -0.3 is 0 Å². The predicted octanol–water partition coefficient (Wildman–Crippen LogP) is 10.1. The van der Waals surface area contributed by atoms with E-state index in [9.17, 15) is 0 Å². The van der Waals surface area contributed by atoms with Gasteiger partial charge in [0, 0.05) is 0 Å². The summed E-state index contributed by atoms with van der Waals surface area (Å²) >= 11 is 2.17. The maximum absolute atomic E-state index is 2.75. The van der Waals surface area contributed by atoms with Gasteiger partial charge in [0.25, 0.3) is 0 Å². The first-order valence-electron chi connectivity index (χ1n) is 13.5. The third-order valence-electron chi connectivity index (χ3n) is 7.92. The molecule has 0 amide bonds. The molecule has 0 radical (unpaired) electrons. The Kier molecular flexibility index (Phi) is 9.46. The number of hydrogen-bond acceptors (Lipinski definition) is 2. The van der Waals surface area contributed by atoms with Gasteiger partial charge >= 0.3 is 213 Å². The summed E-state index contributed by atoms with van der Waals surface area (Å²) in [6.07, 6.45) is 13.6. The Morgan fingerprint density at radius 3 is 1.75 bits per heavy atom. The molecule has 0 fully saturated rings. The molecular weight excluding hydrogens is 531 g/mol. The first kappa shape index (κ1) is 26.8. The van der Waals surface area contributed by atoms with Crippen LogP contribution in [0.5, 0.6) is 0 Å². The van der Waals surface area contributed by atoms with Gasteiger partial charge in [-0.1, -0.05) is 0 Å². The second kappa shape index (κ2) is 11.3. The van der Waals surface area contributed by atoms with Gasteiger partial charge in [0.2, 0.25) is 0 Å². The average Bonchev–Trinajstić information content (AvgIpc) is 3.41. The first-order chi connectivity index (χ1) is 15.2. The predicted molar refractivity (Wildman–Crippen MR) is 152 cm³/mol. The summed E-state index contributed by atoms with van der Waals surface area (Å²) in [4.78, 5) is 12.6. The summed E-state index contributed by atoms with van der Waals surface area (Å²) in [6.45, 7) is 11.9. The van der Waals surface area contributed by atoms with E-state index < -0.39 is 18.4 Å². The molecule has 3 rings (SSSR count). The minimum absolute atomic E-state index is 0.268. The fraction of sp³-hybridized carbons (Fsp3) is 0.724. The van der Waals surface area contributed by atoms with Crippen LogP contribution < -0.4 is 2.89 Å². The molecule has 180 valence electrons. The third-order valence-corrected chi connectivity index (χ3v) is 19.7. The molecule has 1 aliphatic rings. The van der Waals surface area contributed by atoms with Crippen molar-refractivity contribution in [3.8, 4) is 9.75 Å². The Morgan fingerprint density at radius 2 is 1.28 bits per heavy atom. The quantitative estimate of drug-likeness (QED) is 0.207. The number of fused-ring (bicyclic) bond motifs is 3. The summed E-state index contributed by atoms with van der Waals surface area (Å²) in [7, 11) is 0. The van der Waals surface area contributed by atoms with Crippen molar-refractivity contribution in [2.75, 3.05) is 0 Å². The molecule has 0 spiro atoms. The molecule has 0 saturated heterocycles. The summed E-state index contributed by atoms with van der Waals surface area (Å²) in [5.41, 5.74) is 3.75. The number of unbranched alkanes of at least 4 members (excludes halogenated alkanes) is 2. The first-order valence-corrected chi connectivity index (χ1v) is 25.1. The number of thiophene rings is 2. The Balaban J connectivity index is 2.14. The van der Waals surface area contributed by atoms with Gasteiger partial charge in [-0.15, -0.1) is 0 Å². The third kappa shape index (κ3) is 5.54. The van der Waals surface area contributed by atoms with E-state index in [1.807, 2.05) is 0 Å². The van der Waals surface area contributed by atoms with Crippen LogP contribution in [0.25, 0.3) is 9.75 Å². The molecule has 0 nitrogen and oxygen atoms in total. The van der Waals surface area contributed by atoms with Crippen LogP contribution in [0.4, 0.5) is 0 Å². The second-order valence-electron chi connectivity index (χ2n) is 11.5. The molecular formula is C29H48S2Sn. The van der Waals surface area contributed by atoms with E-state index >= 15 is 0 Å². The average molecular weight is 580 g/mol. The van der Waals surface area contributed by atoms with E-state index in [0.29, 0.717) is 0 Å². The van der Waals surface area contributed by atoms with E-state index in [1.165, 1.54) is 69.1 Å². The maximum atomic E-state index is 2.75. The fourth-order valence-electron chi connectivity index (χ4n) is 5.86. The molecule has 0 aliphatic heterocycles. The zero-order chi connectivity index (χ0) is 23.5. The molecule has 1 aliphatic carbocycles. The Labute approximate surface area is 211 Å². The molecule has 0 bridgehead atoms. The number of aryl methyl sites for hydroxylation is 1. The van der Waals surface area contributed by atoms with Gasteiger partial charge in [-0.3, -0.25) is 0 Å². The fourth-order valence-corrected chi connectivity index (χ4v) is 13.6. The summed E-state index contributed by atoms with van der Waals surface area (Å²) in [6, 6.07) is 5.35. The van der Waals surface area contributed by atoms with Crippen molar-refractivity contribution < 1.29 is 0 Å². The molecule has 32 heavy (non-hydrogen) atoms. The van der Waals surface area contributed by atoms with Gasteiger partial charge in [0.05, 0.1) is 0 Å². The van der Waals surface area contributed by atoms with Gasteiger partial charge in [0.15, 0.2) is 0 Å².